The summed E-state index contributed by atoms with van der Waals surface area (Å²) in [5.41, 5.74) is 5.18. The highest BCUT2D eigenvalue weighted by Crippen LogP contribution is 2.31. The molecule has 98 valence electrons. The molecule has 3 N–H and O–H groups in total. The largest absolute Gasteiger partial charge is 0.475 e. The van der Waals surface area contributed by atoms with Gasteiger partial charge in [0.25, 0.3) is 0 Å². The van der Waals surface area contributed by atoms with Crippen LogP contribution in [0.4, 0.5) is 5.69 Å². The molecule has 7 nitrogen and oxygen atoms in total. The zero-order chi connectivity index (χ0) is 13.7. The minimum atomic E-state index is -0.757. The maximum absolute atomic E-state index is 10.8. The van der Waals surface area contributed by atoms with Crippen LogP contribution in [0.25, 0.3) is 0 Å². The zero-order valence-electron chi connectivity index (χ0n) is 9.54. The van der Waals surface area contributed by atoms with E-state index >= 15 is 0 Å². The van der Waals surface area contributed by atoms with Crippen LogP contribution in [0.2, 0.25) is 5.02 Å². The molecule has 1 rings (SSSR count). The molecule has 0 saturated carbocycles. The number of ether oxygens (including phenoxy) is 1. The normalized spacial score (nSPS) is 13.1. The van der Waals surface area contributed by atoms with E-state index in [0.29, 0.717) is 11.4 Å². The Morgan fingerprint density at radius 3 is 2.89 bits per heavy atom. The molecule has 0 radical (unpaired) electrons. The van der Waals surface area contributed by atoms with Gasteiger partial charge in [-0.05, 0) is 12.5 Å². The molecule has 1 aromatic carbocycles. The highest BCUT2D eigenvalue weighted by molar-refractivity contribution is 6.30. The molecule has 8 heteroatoms. The summed E-state index contributed by atoms with van der Waals surface area (Å²) in [4.78, 5) is 10.2. The molecule has 0 amide bonds. The Labute approximate surface area is 108 Å². The Morgan fingerprint density at radius 2 is 2.39 bits per heavy atom. The van der Waals surface area contributed by atoms with Crippen LogP contribution >= 0.6 is 11.6 Å². The number of nitrogens with two attached hydrogens (primary N) is 1. The SMILES string of the molecule is CCC(Oc1cc(Cl)ccc1[N+](=O)[O-])C(N)=NO. The number of oxime groups is 1. The molecular weight excluding hydrogens is 262 g/mol. The van der Waals surface area contributed by atoms with Crippen LogP contribution in [0.3, 0.4) is 0 Å². The number of hydrogen-bond donors (Lipinski definition) is 2. The van der Waals surface area contributed by atoms with Crippen LogP contribution in [0.5, 0.6) is 5.75 Å². The number of rotatable bonds is 5. The van der Waals surface area contributed by atoms with E-state index in [0.717, 1.165) is 0 Å². The van der Waals surface area contributed by atoms with Crippen LogP contribution in [0.15, 0.2) is 23.4 Å². The van der Waals surface area contributed by atoms with E-state index in [1.54, 1.807) is 6.92 Å². The minimum absolute atomic E-state index is 0.0223. The summed E-state index contributed by atoms with van der Waals surface area (Å²) < 4.78 is 5.35. The van der Waals surface area contributed by atoms with Crippen molar-refractivity contribution in [3.05, 3.63) is 33.3 Å². The number of benzene rings is 1. The third-order valence-electron chi connectivity index (χ3n) is 2.20. The predicted octanol–water partition coefficient (Wildman–Crippen LogP) is 2.15. The van der Waals surface area contributed by atoms with Crippen LogP contribution < -0.4 is 10.5 Å². The van der Waals surface area contributed by atoms with E-state index in [2.05, 4.69) is 5.16 Å². The predicted molar refractivity (Wildman–Crippen MR) is 66.2 cm³/mol. The molecule has 1 atom stereocenters. The molecule has 1 unspecified atom stereocenters. The van der Waals surface area contributed by atoms with E-state index in [4.69, 9.17) is 27.3 Å². The van der Waals surface area contributed by atoms with Gasteiger partial charge in [-0.25, -0.2) is 0 Å². The lowest BCUT2D eigenvalue weighted by molar-refractivity contribution is -0.386. The van der Waals surface area contributed by atoms with Crippen molar-refractivity contribution >= 4 is 23.1 Å². The monoisotopic (exact) mass is 273 g/mol. The number of nitrogens with zero attached hydrogens (tertiary/aromatic N) is 2. The Balaban J connectivity index is 3.08. The summed E-state index contributed by atoms with van der Waals surface area (Å²) in [5, 5.41) is 22.5. The highest BCUT2D eigenvalue weighted by atomic mass is 35.5. The van der Waals surface area contributed by atoms with Gasteiger partial charge in [0.15, 0.2) is 17.7 Å². The van der Waals surface area contributed by atoms with E-state index in [-0.39, 0.29) is 17.3 Å². The molecule has 0 aliphatic heterocycles. The summed E-state index contributed by atoms with van der Waals surface area (Å²) in [6.45, 7) is 1.74. The molecule has 0 aliphatic rings. The highest BCUT2D eigenvalue weighted by Gasteiger charge is 2.21. The average molecular weight is 274 g/mol. The van der Waals surface area contributed by atoms with Gasteiger partial charge in [-0.1, -0.05) is 23.7 Å². The smallest absolute Gasteiger partial charge is 0.311 e. The molecule has 1 aromatic rings. The van der Waals surface area contributed by atoms with Crippen molar-refractivity contribution in [2.75, 3.05) is 0 Å². The van der Waals surface area contributed by atoms with Gasteiger partial charge >= 0.3 is 5.69 Å². The first kappa shape index (κ1) is 14.0. The zero-order valence-corrected chi connectivity index (χ0v) is 10.3. The molecule has 0 spiro atoms. The van der Waals surface area contributed by atoms with Gasteiger partial charge in [0.2, 0.25) is 0 Å². The molecule has 0 bridgehead atoms. The number of halogens is 1. The van der Waals surface area contributed by atoms with E-state index in [9.17, 15) is 10.1 Å². The molecule has 0 heterocycles. The molecular formula is C10H12ClN3O4. The maximum atomic E-state index is 10.8. The summed E-state index contributed by atoms with van der Waals surface area (Å²) in [6, 6.07) is 3.93. The molecule has 0 aromatic heterocycles. The molecule has 0 saturated heterocycles. The Kier molecular flexibility index (Phi) is 4.73. The van der Waals surface area contributed by atoms with E-state index in [1.165, 1.54) is 18.2 Å². The van der Waals surface area contributed by atoms with Gasteiger partial charge in [-0.15, -0.1) is 0 Å². The first-order valence-electron chi connectivity index (χ1n) is 5.07. The van der Waals surface area contributed by atoms with Gasteiger partial charge in [0, 0.05) is 17.2 Å². The van der Waals surface area contributed by atoms with Crippen molar-refractivity contribution in [3.63, 3.8) is 0 Å². The topological polar surface area (TPSA) is 111 Å². The third-order valence-corrected chi connectivity index (χ3v) is 2.44. The van der Waals surface area contributed by atoms with Gasteiger partial charge in [0.1, 0.15) is 0 Å². The lowest BCUT2D eigenvalue weighted by Crippen LogP contribution is -2.33. The number of hydrogen-bond acceptors (Lipinski definition) is 5. The quantitative estimate of drug-likeness (QED) is 0.281. The maximum Gasteiger partial charge on any atom is 0.311 e. The number of amidine groups is 1. The summed E-state index contributed by atoms with van der Waals surface area (Å²) in [6.07, 6.45) is -0.369. The second kappa shape index (κ2) is 6.06. The standard InChI is InChI=1S/C10H12ClN3O4/c1-2-8(10(12)13-15)18-9-5-6(11)3-4-7(9)14(16)17/h3-5,8,15H,2H2,1H3,(H2,12,13). The van der Waals surface area contributed by atoms with Crippen LogP contribution in [0.1, 0.15) is 13.3 Å². The van der Waals surface area contributed by atoms with Gasteiger partial charge in [-0.3, -0.25) is 10.1 Å². The van der Waals surface area contributed by atoms with Crippen LogP contribution in [-0.2, 0) is 0 Å². The fraction of sp³-hybridized carbons (Fsp3) is 0.300. The van der Waals surface area contributed by atoms with Crippen molar-refractivity contribution in [3.8, 4) is 5.75 Å². The third kappa shape index (κ3) is 3.24. The lowest BCUT2D eigenvalue weighted by atomic mass is 10.2. The first-order chi connectivity index (χ1) is 8.49. The van der Waals surface area contributed by atoms with Crippen LogP contribution in [0, 0.1) is 10.1 Å². The molecule has 0 aliphatic carbocycles. The number of nitro groups is 1. The van der Waals surface area contributed by atoms with Gasteiger partial charge in [0.05, 0.1) is 4.92 Å². The minimum Gasteiger partial charge on any atom is -0.475 e. The number of nitro benzene ring substituents is 1. The molecule has 18 heavy (non-hydrogen) atoms. The summed E-state index contributed by atoms with van der Waals surface area (Å²) in [7, 11) is 0. The van der Waals surface area contributed by atoms with Gasteiger partial charge in [-0.2, -0.15) is 0 Å². The van der Waals surface area contributed by atoms with E-state index in [1.807, 2.05) is 0 Å². The Hall–Kier alpha value is -2.02. The van der Waals surface area contributed by atoms with Crippen molar-refractivity contribution in [2.45, 2.75) is 19.4 Å². The Morgan fingerprint density at radius 1 is 1.72 bits per heavy atom. The van der Waals surface area contributed by atoms with Crippen molar-refractivity contribution in [2.24, 2.45) is 10.9 Å². The summed E-state index contributed by atoms with van der Waals surface area (Å²) >= 11 is 5.75. The van der Waals surface area contributed by atoms with Gasteiger partial charge < -0.3 is 15.7 Å². The summed E-state index contributed by atoms with van der Waals surface area (Å²) in [5.74, 6) is -0.183. The van der Waals surface area contributed by atoms with Crippen molar-refractivity contribution in [1.29, 1.82) is 0 Å². The van der Waals surface area contributed by atoms with Crippen molar-refractivity contribution < 1.29 is 14.9 Å². The Bertz CT molecular complexity index is 478. The van der Waals surface area contributed by atoms with E-state index < -0.39 is 11.0 Å². The fourth-order valence-corrected chi connectivity index (χ4v) is 1.47. The van der Waals surface area contributed by atoms with Crippen molar-refractivity contribution in [1.82, 2.24) is 0 Å². The first-order valence-corrected chi connectivity index (χ1v) is 5.45. The second-order valence-corrected chi connectivity index (χ2v) is 3.85. The second-order valence-electron chi connectivity index (χ2n) is 3.41. The molecule has 0 fully saturated rings. The lowest BCUT2D eigenvalue weighted by Gasteiger charge is -2.15. The fourth-order valence-electron chi connectivity index (χ4n) is 1.30. The van der Waals surface area contributed by atoms with Crippen LogP contribution in [-0.4, -0.2) is 22.1 Å². The average Bonchev–Trinajstić information content (AvgIpc) is 2.34.